The van der Waals surface area contributed by atoms with Crippen molar-refractivity contribution in [1.29, 1.82) is 0 Å². The van der Waals surface area contributed by atoms with Gasteiger partial charge in [-0.1, -0.05) is 107 Å². The van der Waals surface area contributed by atoms with Crippen LogP contribution >= 0.6 is 0 Å². The van der Waals surface area contributed by atoms with E-state index in [0.717, 1.165) is 19.4 Å². The van der Waals surface area contributed by atoms with Crippen molar-refractivity contribution >= 4 is 5.97 Å². The van der Waals surface area contributed by atoms with E-state index in [-0.39, 0.29) is 18.1 Å². The maximum absolute atomic E-state index is 12.6. The first-order valence-electron chi connectivity index (χ1n) is 12.9. The third-order valence-electron chi connectivity index (χ3n) is 5.94. The van der Waals surface area contributed by atoms with Crippen molar-refractivity contribution in [2.24, 2.45) is 0 Å². The number of unbranched alkanes of at least 4 members (excludes halogenated alkanes) is 11. The highest BCUT2D eigenvalue weighted by atomic mass is 16.6. The Labute approximate surface area is 197 Å². The molecule has 1 aromatic rings. The molecule has 3 heteroatoms. The second-order valence-corrected chi connectivity index (χ2v) is 10.2. The number of carbonyl (C=O) groups is 1. The number of carbonyl (C=O) groups excluding carboxylic acids is 1. The maximum atomic E-state index is 12.6. The molecule has 178 valence electrons. The Kier molecular flexibility index (Phi) is 11.9. The third kappa shape index (κ3) is 10.7. The zero-order chi connectivity index (χ0) is 23.2. The van der Waals surface area contributed by atoms with Crippen molar-refractivity contribution < 1.29 is 9.53 Å². The SMILES string of the molecule is CCCCCCCCCCCCCC#C[C@H]1[C@H](C(=O)OC(C)(C)C)N1Cc1ccccc1. The minimum Gasteiger partial charge on any atom is -0.459 e. The summed E-state index contributed by atoms with van der Waals surface area (Å²) >= 11 is 0. The van der Waals surface area contributed by atoms with Gasteiger partial charge in [-0.2, -0.15) is 0 Å². The van der Waals surface area contributed by atoms with Crippen molar-refractivity contribution in [3.05, 3.63) is 35.9 Å². The highest BCUT2D eigenvalue weighted by Gasteiger charge is 2.53. The van der Waals surface area contributed by atoms with Gasteiger partial charge in [0.25, 0.3) is 0 Å². The Hall–Kier alpha value is -1.79. The summed E-state index contributed by atoms with van der Waals surface area (Å²) < 4.78 is 5.63. The smallest absolute Gasteiger partial charge is 0.326 e. The summed E-state index contributed by atoms with van der Waals surface area (Å²) in [4.78, 5) is 14.8. The first-order chi connectivity index (χ1) is 15.4. The van der Waals surface area contributed by atoms with Gasteiger partial charge in [0.05, 0.1) is 6.04 Å². The number of hydrogen-bond donors (Lipinski definition) is 0. The van der Waals surface area contributed by atoms with E-state index in [9.17, 15) is 4.79 Å². The van der Waals surface area contributed by atoms with Crippen LogP contribution in [0.15, 0.2) is 30.3 Å². The second kappa shape index (κ2) is 14.4. The summed E-state index contributed by atoms with van der Waals surface area (Å²) in [5.41, 5.74) is 0.738. The molecule has 0 spiro atoms. The maximum Gasteiger partial charge on any atom is 0.326 e. The van der Waals surface area contributed by atoms with Crippen LogP contribution in [0.5, 0.6) is 0 Å². The fourth-order valence-corrected chi connectivity index (χ4v) is 4.11. The predicted octanol–water partition coefficient (Wildman–Crippen LogP) is 7.29. The fourth-order valence-electron chi connectivity index (χ4n) is 4.11. The molecule has 1 aliphatic rings. The van der Waals surface area contributed by atoms with Crippen molar-refractivity contribution in [3.63, 3.8) is 0 Å². The van der Waals surface area contributed by atoms with Crippen molar-refractivity contribution in [2.45, 2.75) is 129 Å². The summed E-state index contributed by atoms with van der Waals surface area (Å²) in [5.74, 6) is 6.55. The monoisotopic (exact) mass is 439 g/mol. The van der Waals surface area contributed by atoms with Gasteiger partial charge in [0.2, 0.25) is 0 Å². The summed E-state index contributed by atoms with van der Waals surface area (Å²) in [5, 5.41) is 0. The van der Waals surface area contributed by atoms with E-state index in [2.05, 4.69) is 35.8 Å². The minimum atomic E-state index is -0.467. The third-order valence-corrected chi connectivity index (χ3v) is 5.94. The van der Waals surface area contributed by atoms with Crippen LogP contribution in [0.4, 0.5) is 0 Å². The summed E-state index contributed by atoms with van der Waals surface area (Å²) in [6.45, 7) is 8.77. The van der Waals surface area contributed by atoms with Crippen LogP contribution in [0.2, 0.25) is 0 Å². The van der Waals surface area contributed by atoms with Crippen LogP contribution < -0.4 is 0 Å². The van der Waals surface area contributed by atoms with Gasteiger partial charge in [-0.05, 0) is 32.8 Å². The van der Waals surface area contributed by atoms with E-state index in [0.29, 0.717) is 0 Å². The number of ether oxygens (including phenoxy) is 1. The lowest BCUT2D eigenvalue weighted by molar-refractivity contribution is -0.155. The molecule has 3 nitrogen and oxygen atoms in total. The molecular formula is C29H45NO2. The number of nitrogens with zero attached hydrogens (tertiary/aromatic N) is 1. The molecule has 1 saturated heterocycles. The molecular weight excluding hydrogens is 394 g/mol. The molecule has 1 heterocycles. The van der Waals surface area contributed by atoms with Crippen molar-refractivity contribution in [2.75, 3.05) is 0 Å². The molecule has 0 N–H and O–H groups in total. The quantitative estimate of drug-likeness (QED) is 0.132. The molecule has 1 aromatic carbocycles. The number of esters is 1. The molecule has 1 unspecified atom stereocenters. The first kappa shape index (κ1) is 26.5. The van der Waals surface area contributed by atoms with Gasteiger partial charge >= 0.3 is 5.97 Å². The second-order valence-electron chi connectivity index (χ2n) is 10.2. The van der Waals surface area contributed by atoms with Crippen molar-refractivity contribution in [3.8, 4) is 11.8 Å². The van der Waals surface area contributed by atoms with E-state index in [4.69, 9.17) is 4.74 Å². The van der Waals surface area contributed by atoms with Crippen LogP contribution in [-0.2, 0) is 16.1 Å². The van der Waals surface area contributed by atoms with Gasteiger partial charge in [-0.3, -0.25) is 9.69 Å². The van der Waals surface area contributed by atoms with E-state index in [1.807, 2.05) is 39.0 Å². The van der Waals surface area contributed by atoms with Crippen LogP contribution in [0.3, 0.4) is 0 Å². The average molecular weight is 440 g/mol. The molecule has 0 bridgehead atoms. The van der Waals surface area contributed by atoms with Gasteiger partial charge in [0.15, 0.2) is 0 Å². The molecule has 2 rings (SSSR count). The van der Waals surface area contributed by atoms with Crippen LogP contribution in [0.1, 0.15) is 110 Å². The molecule has 0 aliphatic carbocycles. The summed E-state index contributed by atoms with van der Waals surface area (Å²) in [7, 11) is 0. The molecule has 3 atom stereocenters. The van der Waals surface area contributed by atoms with E-state index >= 15 is 0 Å². The average Bonchev–Trinajstić information content (AvgIpc) is 3.43. The van der Waals surface area contributed by atoms with E-state index in [1.165, 1.54) is 69.8 Å². The lowest BCUT2D eigenvalue weighted by Gasteiger charge is -2.19. The Balaban J connectivity index is 1.67. The van der Waals surface area contributed by atoms with Gasteiger partial charge in [0.1, 0.15) is 11.6 Å². The molecule has 0 amide bonds. The normalized spacial score (nSPS) is 19.8. The van der Waals surface area contributed by atoms with Gasteiger partial charge in [0, 0.05) is 13.0 Å². The Morgan fingerprint density at radius 2 is 1.47 bits per heavy atom. The van der Waals surface area contributed by atoms with Gasteiger partial charge in [-0.25, -0.2) is 0 Å². The Morgan fingerprint density at radius 3 is 2.03 bits per heavy atom. The zero-order valence-corrected chi connectivity index (χ0v) is 21.0. The highest BCUT2D eigenvalue weighted by molar-refractivity contribution is 5.81. The Bertz CT molecular complexity index is 710. The molecule has 32 heavy (non-hydrogen) atoms. The largest absolute Gasteiger partial charge is 0.459 e. The highest BCUT2D eigenvalue weighted by Crippen LogP contribution is 2.32. The topological polar surface area (TPSA) is 29.3 Å². The predicted molar refractivity (Wildman–Crippen MR) is 134 cm³/mol. The summed E-state index contributed by atoms with van der Waals surface area (Å²) in [6.07, 6.45) is 15.8. The number of rotatable bonds is 14. The van der Waals surface area contributed by atoms with E-state index in [1.54, 1.807) is 0 Å². The molecule has 1 fully saturated rings. The van der Waals surface area contributed by atoms with Crippen LogP contribution in [-0.4, -0.2) is 28.6 Å². The minimum absolute atomic E-state index is 0.0160. The fraction of sp³-hybridized carbons (Fsp3) is 0.690. The number of hydrogen-bond acceptors (Lipinski definition) is 3. The molecule has 1 aliphatic heterocycles. The van der Waals surface area contributed by atoms with E-state index < -0.39 is 5.60 Å². The van der Waals surface area contributed by atoms with Crippen LogP contribution in [0, 0.1) is 11.8 Å². The van der Waals surface area contributed by atoms with Crippen molar-refractivity contribution in [1.82, 2.24) is 4.90 Å². The molecule has 0 saturated carbocycles. The lowest BCUT2D eigenvalue weighted by atomic mass is 10.1. The van der Waals surface area contributed by atoms with Gasteiger partial charge in [-0.15, -0.1) is 5.92 Å². The van der Waals surface area contributed by atoms with Gasteiger partial charge < -0.3 is 4.74 Å². The zero-order valence-electron chi connectivity index (χ0n) is 21.0. The molecule has 0 aromatic heterocycles. The number of benzene rings is 1. The lowest BCUT2D eigenvalue weighted by Crippen LogP contribution is -2.28. The Morgan fingerprint density at radius 1 is 0.906 bits per heavy atom. The first-order valence-corrected chi connectivity index (χ1v) is 12.9. The molecule has 0 radical (unpaired) electrons. The van der Waals surface area contributed by atoms with Crippen LogP contribution in [0.25, 0.3) is 0 Å². The summed E-state index contributed by atoms with van der Waals surface area (Å²) in [6, 6.07) is 10.0. The standard InChI is InChI=1S/C29H45NO2/c1-5-6-7-8-9-10-11-12-13-14-15-16-20-23-26-27(28(31)32-29(2,3)4)30(26)24-25-21-18-17-19-22-25/h17-19,21-22,26-27H,5-16,24H2,1-4H3/t26-,27+,30?/m0/s1.